The van der Waals surface area contributed by atoms with Crippen molar-refractivity contribution in [2.45, 2.75) is 0 Å². The number of nitrogens with one attached hydrogen (secondary N) is 3. The summed E-state index contributed by atoms with van der Waals surface area (Å²) in [6.07, 6.45) is 3.38. The van der Waals surface area contributed by atoms with Gasteiger partial charge in [-0.25, -0.2) is 9.97 Å². The average Bonchev–Trinajstić information content (AvgIpc) is 3.53. The van der Waals surface area contributed by atoms with E-state index in [0.29, 0.717) is 46.1 Å². The second-order valence-electron chi connectivity index (χ2n) is 7.35. The van der Waals surface area contributed by atoms with Gasteiger partial charge in [-0.05, 0) is 18.2 Å². The molecule has 5 rings (SSSR count). The molecule has 0 aliphatic rings. The summed E-state index contributed by atoms with van der Waals surface area (Å²) < 4.78 is 16.2. The van der Waals surface area contributed by atoms with E-state index < -0.39 is 5.91 Å². The molecule has 0 fully saturated rings. The molecule has 0 unspecified atom stereocenters. The zero-order valence-electron chi connectivity index (χ0n) is 18.8. The number of methoxy groups -OCH3 is 2. The molecule has 35 heavy (non-hydrogen) atoms. The highest BCUT2D eigenvalue weighted by molar-refractivity contribution is 5.93. The number of amides is 1. The van der Waals surface area contributed by atoms with Crippen LogP contribution in [0.25, 0.3) is 33.4 Å². The molecule has 1 amide bonds. The molecule has 4 heterocycles. The molecule has 0 spiro atoms. The largest absolute Gasteiger partial charge is 0.493 e. The second-order valence-corrected chi connectivity index (χ2v) is 7.35. The van der Waals surface area contributed by atoms with E-state index in [0.717, 1.165) is 5.39 Å². The summed E-state index contributed by atoms with van der Waals surface area (Å²) in [5.41, 5.74) is 8.03. The highest BCUT2D eigenvalue weighted by Gasteiger charge is 2.18. The van der Waals surface area contributed by atoms with Gasteiger partial charge in [0.15, 0.2) is 11.5 Å². The Morgan fingerprint density at radius 1 is 1.11 bits per heavy atom. The van der Waals surface area contributed by atoms with Crippen molar-refractivity contribution in [1.82, 2.24) is 35.5 Å². The highest BCUT2D eigenvalue weighted by Crippen LogP contribution is 2.33. The van der Waals surface area contributed by atoms with Crippen LogP contribution in [0.5, 0.6) is 11.5 Å². The zero-order valence-corrected chi connectivity index (χ0v) is 18.8. The summed E-state index contributed by atoms with van der Waals surface area (Å²) in [7, 11) is 3.08. The first-order valence-corrected chi connectivity index (χ1v) is 10.5. The number of pyridine rings is 1. The molecule has 13 nitrogen and oxygen atoms in total. The maximum Gasteiger partial charge on any atom is 0.308 e. The van der Waals surface area contributed by atoms with Gasteiger partial charge in [-0.1, -0.05) is 0 Å². The fraction of sp³-hybridized carbons (Fsp3) is 0.182. The van der Waals surface area contributed by atoms with E-state index in [1.165, 1.54) is 0 Å². The number of carbonyl (C=O) groups is 1. The Hall–Kier alpha value is -4.94. The lowest BCUT2D eigenvalue weighted by atomic mass is 10.2. The molecule has 0 aliphatic carbocycles. The summed E-state index contributed by atoms with van der Waals surface area (Å²) in [5, 5.41) is 15.0. The van der Waals surface area contributed by atoms with Crippen LogP contribution in [0.4, 0.5) is 11.8 Å². The number of anilines is 2. The maximum absolute atomic E-state index is 12.4. The zero-order chi connectivity index (χ0) is 24.4. The molecule has 0 saturated heterocycles. The number of fused-ring (bicyclic) bond motifs is 2. The topological polar surface area (TPSA) is 179 Å². The minimum Gasteiger partial charge on any atom is -0.493 e. The lowest BCUT2D eigenvalue weighted by Crippen LogP contribution is -2.29. The number of H-pyrrole nitrogens is 1. The third-order valence-corrected chi connectivity index (χ3v) is 5.22. The Balaban J connectivity index is 1.21. The summed E-state index contributed by atoms with van der Waals surface area (Å²) in [6.45, 7) is 0.583. The number of rotatable bonds is 8. The van der Waals surface area contributed by atoms with Crippen molar-refractivity contribution in [3.63, 3.8) is 0 Å². The van der Waals surface area contributed by atoms with Crippen LogP contribution in [-0.4, -0.2) is 63.3 Å². The van der Waals surface area contributed by atoms with Gasteiger partial charge >= 0.3 is 11.8 Å². The van der Waals surface area contributed by atoms with Gasteiger partial charge in [0, 0.05) is 42.3 Å². The quantitative estimate of drug-likeness (QED) is 0.241. The Labute approximate surface area is 198 Å². The van der Waals surface area contributed by atoms with Gasteiger partial charge in [0.25, 0.3) is 5.89 Å². The van der Waals surface area contributed by atoms with Crippen LogP contribution < -0.4 is 25.8 Å². The van der Waals surface area contributed by atoms with E-state index >= 15 is 0 Å². The summed E-state index contributed by atoms with van der Waals surface area (Å²) >= 11 is 0. The predicted octanol–water partition coefficient (Wildman–Crippen LogP) is 2.00. The Bertz CT molecular complexity index is 1530. The number of aromatic amines is 1. The summed E-state index contributed by atoms with van der Waals surface area (Å²) in [5.74, 6) is 1.23. The number of ether oxygens (including phenoxy) is 2. The molecule has 13 heteroatoms. The van der Waals surface area contributed by atoms with Crippen molar-refractivity contribution >= 4 is 39.6 Å². The standard InChI is InChI=1S/C22H21N9O4/c1-33-15-8-12-14(9-16(15)34-2)28-22(29-17(12)23)26-7-6-25-19(32)21-31-30-20(35-21)13-10-27-18-11(13)4-3-5-24-18/h3-5,8-10H,6-7H2,1-2H3,(H,24,27)(H,25,32)(H3,23,26,28,29). The fourth-order valence-corrected chi connectivity index (χ4v) is 3.54. The molecule has 0 aliphatic heterocycles. The molecule has 5 aromatic rings. The lowest BCUT2D eigenvalue weighted by molar-refractivity contribution is 0.0921. The minimum atomic E-state index is -0.501. The van der Waals surface area contributed by atoms with Crippen LogP contribution in [0, 0.1) is 0 Å². The number of nitrogens with zero attached hydrogens (tertiary/aromatic N) is 5. The number of aromatic nitrogens is 6. The van der Waals surface area contributed by atoms with Crippen molar-refractivity contribution in [3.05, 3.63) is 42.5 Å². The van der Waals surface area contributed by atoms with E-state index in [2.05, 4.69) is 40.8 Å². The number of hydrogen-bond acceptors (Lipinski definition) is 11. The van der Waals surface area contributed by atoms with Gasteiger partial charge in [0.05, 0.1) is 25.3 Å². The number of nitrogens with two attached hydrogens (primary N) is 1. The fourth-order valence-electron chi connectivity index (χ4n) is 3.54. The highest BCUT2D eigenvalue weighted by atomic mass is 16.5. The molecule has 0 atom stereocenters. The minimum absolute atomic E-state index is 0.148. The van der Waals surface area contributed by atoms with Crippen molar-refractivity contribution in [3.8, 4) is 23.0 Å². The molecule has 0 saturated carbocycles. The Morgan fingerprint density at radius 3 is 2.77 bits per heavy atom. The molecule has 5 N–H and O–H groups in total. The van der Waals surface area contributed by atoms with Crippen LogP contribution in [0.2, 0.25) is 0 Å². The molecule has 4 aromatic heterocycles. The van der Waals surface area contributed by atoms with Crippen molar-refractivity contribution in [1.29, 1.82) is 0 Å². The van der Waals surface area contributed by atoms with Gasteiger partial charge in [-0.15, -0.1) is 10.2 Å². The molecule has 0 bridgehead atoms. The number of carbonyl (C=O) groups excluding carboxylic acids is 1. The van der Waals surface area contributed by atoms with Gasteiger partial charge < -0.3 is 35.2 Å². The van der Waals surface area contributed by atoms with Crippen LogP contribution in [0.3, 0.4) is 0 Å². The first-order valence-electron chi connectivity index (χ1n) is 10.5. The monoisotopic (exact) mass is 475 g/mol. The third-order valence-electron chi connectivity index (χ3n) is 5.22. The number of benzene rings is 1. The van der Waals surface area contributed by atoms with Crippen LogP contribution in [-0.2, 0) is 0 Å². The van der Waals surface area contributed by atoms with Gasteiger partial charge in [0.1, 0.15) is 11.5 Å². The first-order chi connectivity index (χ1) is 17.1. The van der Waals surface area contributed by atoms with Crippen molar-refractivity contribution < 1.29 is 18.7 Å². The maximum atomic E-state index is 12.4. The van der Waals surface area contributed by atoms with Crippen molar-refractivity contribution in [2.75, 3.05) is 38.4 Å². The van der Waals surface area contributed by atoms with Crippen LogP contribution in [0.15, 0.2) is 41.1 Å². The molecular formula is C22H21N9O4. The normalized spacial score (nSPS) is 11.0. The lowest BCUT2D eigenvalue weighted by Gasteiger charge is -2.11. The van der Waals surface area contributed by atoms with E-state index in [-0.39, 0.29) is 24.1 Å². The Morgan fingerprint density at radius 2 is 1.94 bits per heavy atom. The van der Waals surface area contributed by atoms with Gasteiger partial charge in [0.2, 0.25) is 5.95 Å². The van der Waals surface area contributed by atoms with Crippen LogP contribution in [0.1, 0.15) is 10.7 Å². The second kappa shape index (κ2) is 9.13. The predicted molar refractivity (Wildman–Crippen MR) is 127 cm³/mol. The summed E-state index contributed by atoms with van der Waals surface area (Å²) in [4.78, 5) is 28.4. The van der Waals surface area contributed by atoms with Gasteiger partial charge in [-0.3, -0.25) is 4.79 Å². The molecule has 0 radical (unpaired) electrons. The number of hydrogen-bond donors (Lipinski definition) is 4. The smallest absolute Gasteiger partial charge is 0.308 e. The number of nitrogen functional groups attached to an aromatic ring is 1. The molecule has 1 aromatic carbocycles. The molecule has 178 valence electrons. The van der Waals surface area contributed by atoms with Gasteiger partial charge in [-0.2, -0.15) is 4.98 Å². The van der Waals surface area contributed by atoms with Crippen LogP contribution >= 0.6 is 0 Å². The summed E-state index contributed by atoms with van der Waals surface area (Å²) in [6, 6.07) is 7.11. The van der Waals surface area contributed by atoms with Crippen molar-refractivity contribution in [2.24, 2.45) is 0 Å². The first kappa shape index (κ1) is 21.9. The third kappa shape index (κ3) is 4.21. The molecular weight excluding hydrogens is 454 g/mol. The SMILES string of the molecule is COc1cc2nc(NCCNC(=O)c3nnc(-c4c[nH]c5ncccc45)o3)nc(N)c2cc1OC. The van der Waals surface area contributed by atoms with E-state index in [4.69, 9.17) is 19.6 Å². The van der Waals surface area contributed by atoms with E-state index in [1.54, 1.807) is 44.8 Å². The average molecular weight is 475 g/mol. The Kier molecular flexibility index (Phi) is 5.71. The van der Waals surface area contributed by atoms with E-state index in [1.807, 2.05) is 6.07 Å². The van der Waals surface area contributed by atoms with E-state index in [9.17, 15) is 4.79 Å².